The van der Waals surface area contributed by atoms with E-state index in [0.29, 0.717) is 17.9 Å². The third-order valence-electron chi connectivity index (χ3n) is 3.62. The number of nitrogens with one attached hydrogen (secondary N) is 2. The van der Waals surface area contributed by atoms with Crippen LogP contribution in [0.1, 0.15) is 41.7 Å². The summed E-state index contributed by atoms with van der Waals surface area (Å²) in [5.74, 6) is -0.345. The van der Waals surface area contributed by atoms with Crippen molar-refractivity contribution in [1.82, 2.24) is 20.6 Å². The molecule has 2 aromatic heterocycles. The Kier molecular flexibility index (Phi) is 5.25. The van der Waals surface area contributed by atoms with Gasteiger partial charge < -0.3 is 10.6 Å². The fraction of sp³-hybridized carbons (Fsp3) is 0.429. The summed E-state index contributed by atoms with van der Waals surface area (Å²) in [6, 6.07) is 0. The standard InChI is InChI=1S/C14H18N4O2S2/c1-9(2)14(3,18-13(20)11-5-22-8-17-11)6-15-12(19)10-4-21-7-16-10/h4-5,7-9H,6H2,1-3H3,(H,15,19)(H,18,20)/t14-/m1/s1. The molecule has 2 amide bonds. The summed E-state index contributed by atoms with van der Waals surface area (Å²) < 4.78 is 0. The zero-order chi connectivity index (χ0) is 16.2. The van der Waals surface area contributed by atoms with Gasteiger partial charge in [-0.05, 0) is 12.8 Å². The van der Waals surface area contributed by atoms with Crippen molar-refractivity contribution in [2.75, 3.05) is 6.54 Å². The number of hydrogen-bond acceptors (Lipinski definition) is 6. The first-order valence-corrected chi connectivity index (χ1v) is 8.68. The number of nitrogens with zero attached hydrogens (tertiary/aromatic N) is 2. The molecule has 0 fully saturated rings. The summed E-state index contributed by atoms with van der Waals surface area (Å²) in [7, 11) is 0. The van der Waals surface area contributed by atoms with Crippen LogP contribution < -0.4 is 10.6 Å². The zero-order valence-corrected chi connectivity index (χ0v) is 14.3. The summed E-state index contributed by atoms with van der Waals surface area (Å²) in [5, 5.41) is 9.19. The topological polar surface area (TPSA) is 84.0 Å². The minimum Gasteiger partial charge on any atom is -0.348 e. The van der Waals surface area contributed by atoms with Crippen LogP contribution >= 0.6 is 22.7 Å². The molecule has 2 N–H and O–H groups in total. The van der Waals surface area contributed by atoms with E-state index in [4.69, 9.17) is 0 Å². The number of hydrogen-bond donors (Lipinski definition) is 2. The van der Waals surface area contributed by atoms with Crippen LogP contribution in [0.5, 0.6) is 0 Å². The van der Waals surface area contributed by atoms with Gasteiger partial charge in [-0.1, -0.05) is 13.8 Å². The average molecular weight is 338 g/mol. The molecule has 0 aliphatic rings. The van der Waals surface area contributed by atoms with Gasteiger partial charge in [-0.15, -0.1) is 22.7 Å². The molecule has 8 heteroatoms. The Morgan fingerprint density at radius 3 is 2.14 bits per heavy atom. The first-order valence-electron chi connectivity index (χ1n) is 6.79. The molecule has 0 unspecified atom stereocenters. The van der Waals surface area contributed by atoms with Crippen molar-refractivity contribution >= 4 is 34.5 Å². The van der Waals surface area contributed by atoms with Gasteiger partial charge in [-0.25, -0.2) is 9.97 Å². The third kappa shape index (κ3) is 3.89. The van der Waals surface area contributed by atoms with Gasteiger partial charge in [0, 0.05) is 17.3 Å². The lowest BCUT2D eigenvalue weighted by molar-refractivity contribution is 0.0839. The highest BCUT2D eigenvalue weighted by molar-refractivity contribution is 7.08. The van der Waals surface area contributed by atoms with Gasteiger partial charge in [-0.3, -0.25) is 9.59 Å². The second-order valence-electron chi connectivity index (χ2n) is 5.46. The van der Waals surface area contributed by atoms with Gasteiger partial charge >= 0.3 is 0 Å². The molecule has 1 atom stereocenters. The Balaban J connectivity index is 2.01. The van der Waals surface area contributed by atoms with E-state index in [2.05, 4.69) is 20.6 Å². The van der Waals surface area contributed by atoms with Crippen LogP contribution in [0, 0.1) is 5.92 Å². The minimum absolute atomic E-state index is 0.130. The van der Waals surface area contributed by atoms with E-state index in [-0.39, 0.29) is 17.7 Å². The predicted molar refractivity (Wildman–Crippen MR) is 87.3 cm³/mol. The number of amides is 2. The second-order valence-corrected chi connectivity index (χ2v) is 6.89. The third-order valence-corrected chi connectivity index (χ3v) is 4.79. The SMILES string of the molecule is CC(C)[C@@](C)(CNC(=O)c1cscn1)NC(=O)c1cscn1. The molecule has 6 nitrogen and oxygen atoms in total. The minimum atomic E-state index is -0.577. The Hall–Kier alpha value is -1.80. The highest BCUT2D eigenvalue weighted by Gasteiger charge is 2.31. The second kappa shape index (κ2) is 6.97. The van der Waals surface area contributed by atoms with Crippen LogP contribution in [-0.2, 0) is 0 Å². The monoisotopic (exact) mass is 338 g/mol. The maximum absolute atomic E-state index is 12.2. The number of rotatable bonds is 6. The summed E-state index contributed by atoms with van der Waals surface area (Å²) in [5.41, 5.74) is 3.43. The maximum atomic E-state index is 12.2. The van der Waals surface area contributed by atoms with E-state index in [1.54, 1.807) is 21.8 Å². The summed E-state index contributed by atoms with van der Waals surface area (Å²) >= 11 is 2.74. The lowest BCUT2D eigenvalue weighted by Gasteiger charge is -2.34. The van der Waals surface area contributed by atoms with Crippen molar-refractivity contribution in [2.24, 2.45) is 5.92 Å². The van der Waals surface area contributed by atoms with Gasteiger partial charge in [0.05, 0.1) is 16.6 Å². The molecule has 2 heterocycles. The van der Waals surface area contributed by atoms with E-state index in [1.807, 2.05) is 20.8 Å². The van der Waals surface area contributed by atoms with E-state index in [1.165, 1.54) is 22.7 Å². The lowest BCUT2D eigenvalue weighted by Crippen LogP contribution is -2.57. The molecule has 0 aromatic carbocycles. The van der Waals surface area contributed by atoms with Crippen molar-refractivity contribution in [2.45, 2.75) is 26.3 Å². The highest BCUT2D eigenvalue weighted by atomic mass is 32.1. The van der Waals surface area contributed by atoms with Crippen LogP contribution in [0.2, 0.25) is 0 Å². The Morgan fingerprint density at radius 1 is 1.14 bits per heavy atom. The highest BCUT2D eigenvalue weighted by Crippen LogP contribution is 2.17. The maximum Gasteiger partial charge on any atom is 0.271 e. The van der Waals surface area contributed by atoms with Crippen molar-refractivity contribution in [3.63, 3.8) is 0 Å². The van der Waals surface area contributed by atoms with E-state index >= 15 is 0 Å². The van der Waals surface area contributed by atoms with Crippen LogP contribution in [0.3, 0.4) is 0 Å². The molecule has 0 saturated heterocycles. The normalized spacial score (nSPS) is 13.6. The lowest BCUT2D eigenvalue weighted by atomic mass is 9.88. The first kappa shape index (κ1) is 16.6. The summed E-state index contributed by atoms with van der Waals surface area (Å²) in [6.07, 6.45) is 0. The van der Waals surface area contributed by atoms with Crippen LogP contribution in [0.25, 0.3) is 0 Å². The quantitative estimate of drug-likeness (QED) is 0.845. The van der Waals surface area contributed by atoms with Gasteiger partial charge in [0.25, 0.3) is 11.8 Å². The number of carbonyl (C=O) groups excluding carboxylic acids is 2. The Morgan fingerprint density at radius 2 is 1.68 bits per heavy atom. The molecule has 118 valence electrons. The Bertz CT molecular complexity index is 625. The molecular weight excluding hydrogens is 320 g/mol. The molecule has 0 saturated carbocycles. The van der Waals surface area contributed by atoms with Crippen molar-refractivity contribution in [3.8, 4) is 0 Å². The summed E-state index contributed by atoms with van der Waals surface area (Å²) in [4.78, 5) is 32.2. The zero-order valence-electron chi connectivity index (χ0n) is 12.6. The molecule has 2 aromatic rings. The number of carbonyl (C=O) groups is 2. The fourth-order valence-corrected chi connectivity index (χ4v) is 2.78. The first-order chi connectivity index (χ1) is 10.4. The molecule has 0 spiro atoms. The van der Waals surface area contributed by atoms with Gasteiger partial charge in [0.15, 0.2) is 0 Å². The molecule has 22 heavy (non-hydrogen) atoms. The molecule has 0 aliphatic carbocycles. The van der Waals surface area contributed by atoms with Crippen molar-refractivity contribution in [1.29, 1.82) is 0 Å². The van der Waals surface area contributed by atoms with Crippen LogP contribution in [0.15, 0.2) is 21.8 Å². The molecule has 0 radical (unpaired) electrons. The van der Waals surface area contributed by atoms with Crippen LogP contribution in [0.4, 0.5) is 0 Å². The fourth-order valence-electron chi connectivity index (χ4n) is 1.72. The van der Waals surface area contributed by atoms with Gasteiger partial charge in [-0.2, -0.15) is 0 Å². The molecule has 0 aliphatic heterocycles. The molecule has 0 bridgehead atoms. The van der Waals surface area contributed by atoms with Crippen LogP contribution in [-0.4, -0.2) is 33.9 Å². The van der Waals surface area contributed by atoms with Crippen molar-refractivity contribution in [3.05, 3.63) is 33.2 Å². The van der Waals surface area contributed by atoms with Gasteiger partial charge in [0.2, 0.25) is 0 Å². The van der Waals surface area contributed by atoms with E-state index in [9.17, 15) is 9.59 Å². The predicted octanol–water partition coefficient (Wildman–Crippen LogP) is 2.17. The molecular formula is C14H18N4O2S2. The van der Waals surface area contributed by atoms with E-state index in [0.717, 1.165) is 0 Å². The smallest absolute Gasteiger partial charge is 0.271 e. The number of aromatic nitrogens is 2. The summed E-state index contributed by atoms with van der Waals surface area (Å²) in [6.45, 7) is 6.22. The molecule has 2 rings (SSSR count). The average Bonchev–Trinajstić information content (AvgIpc) is 3.16. The van der Waals surface area contributed by atoms with Gasteiger partial charge in [0.1, 0.15) is 11.4 Å². The largest absolute Gasteiger partial charge is 0.348 e. The Labute approximate surface area is 137 Å². The van der Waals surface area contributed by atoms with Crippen molar-refractivity contribution < 1.29 is 9.59 Å². The number of thiazole rings is 2. The van der Waals surface area contributed by atoms with E-state index < -0.39 is 5.54 Å².